The number of benzene rings is 1. The van der Waals surface area contributed by atoms with Crippen molar-refractivity contribution < 1.29 is 14.4 Å². The lowest BCUT2D eigenvalue weighted by Gasteiger charge is -2.34. The van der Waals surface area contributed by atoms with Gasteiger partial charge in [0.05, 0.1) is 5.92 Å². The lowest BCUT2D eigenvalue weighted by Crippen LogP contribution is -2.48. The number of anilines is 2. The number of rotatable bonds is 5. The molecule has 0 bridgehead atoms. The largest absolute Gasteiger partial charge is 0.326 e. The summed E-state index contributed by atoms with van der Waals surface area (Å²) < 4.78 is 1.58. The Bertz CT molecular complexity index is 954. The third-order valence-electron chi connectivity index (χ3n) is 6.14. The molecule has 32 heavy (non-hydrogen) atoms. The van der Waals surface area contributed by atoms with E-state index in [1.165, 1.54) is 0 Å². The number of carbonyl (C=O) groups is 3. The van der Waals surface area contributed by atoms with Crippen LogP contribution in [-0.2, 0) is 9.59 Å². The van der Waals surface area contributed by atoms with Gasteiger partial charge >= 0.3 is 6.03 Å². The van der Waals surface area contributed by atoms with E-state index in [9.17, 15) is 14.4 Å². The monoisotopic (exact) mass is 438 g/mol. The second kappa shape index (κ2) is 9.84. The zero-order valence-electron chi connectivity index (χ0n) is 18.4. The summed E-state index contributed by atoms with van der Waals surface area (Å²) in [6, 6.07) is 8.46. The van der Waals surface area contributed by atoms with Gasteiger partial charge in [-0.15, -0.1) is 0 Å². The lowest BCUT2D eigenvalue weighted by molar-refractivity contribution is -0.121. The third-order valence-corrected chi connectivity index (χ3v) is 6.14. The molecule has 4 amide bonds. The van der Waals surface area contributed by atoms with Crippen molar-refractivity contribution in [3.63, 3.8) is 0 Å². The minimum atomic E-state index is -0.454. The Balaban J connectivity index is 1.34. The zero-order chi connectivity index (χ0) is 22.5. The molecule has 2 aromatic rings. The first-order chi connectivity index (χ1) is 15.5. The van der Waals surface area contributed by atoms with E-state index in [0.29, 0.717) is 24.5 Å². The van der Waals surface area contributed by atoms with E-state index in [4.69, 9.17) is 0 Å². The standard InChI is InChI=1S/C23H30N6O3/c1-17(29-14-6-10-24-29)21(30)25-19-8-4-9-20(15-19)26-22(31)18-7-5-13-28(16-18)23(32)27-11-2-3-12-27/h4,6,8-10,14-15,17-18H,2-3,5,7,11-13,16H2,1H3,(H,25,30)(H,26,31)/t17-,18-/m1/s1. The molecule has 1 aromatic heterocycles. The summed E-state index contributed by atoms with van der Waals surface area (Å²) in [5.41, 5.74) is 1.21. The molecular weight excluding hydrogens is 408 g/mol. The van der Waals surface area contributed by atoms with Crippen molar-refractivity contribution in [1.29, 1.82) is 0 Å². The molecule has 2 aliphatic rings. The number of urea groups is 1. The van der Waals surface area contributed by atoms with Crippen molar-refractivity contribution in [2.75, 3.05) is 36.8 Å². The SMILES string of the molecule is C[C@H](C(=O)Nc1cccc(NC(=O)[C@@H]2CCCN(C(=O)N3CCCC3)C2)c1)n1cccn1. The maximum Gasteiger partial charge on any atom is 0.320 e. The maximum absolute atomic E-state index is 12.9. The highest BCUT2D eigenvalue weighted by Gasteiger charge is 2.31. The van der Waals surface area contributed by atoms with Crippen molar-refractivity contribution in [1.82, 2.24) is 19.6 Å². The molecule has 0 saturated carbocycles. The smallest absolute Gasteiger partial charge is 0.320 e. The number of carbonyl (C=O) groups excluding carboxylic acids is 3. The maximum atomic E-state index is 12.9. The van der Waals surface area contributed by atoms with E-state index in [-0.39, 0.29) is 23.8 Å². The van der Waals surface area contributed by atoms with Gasteiger partial charge in [-0.2, -0.15) is 5.10 Å². The van der Waals surface area contributed by atoms with Gasteiger partial charge in [-0.3, -0.25) is 14.3 Å². The van der Waals surface area contributed by atoms with Crippen LogP contribution in [0.15, 0.2) is 42.7 Å². The number of hydrogen-bond acceptors (Lipinski definition) is 4. The first-order valence-corrected chi connectivity index (χ1v) is 11.3. The molecule has 2 aliphatic heterocycles. The number of amides is 4. The molecule has 2 atom stereocenters. The number of likely N-dealkylation sites (tertiary alicyclic amines) is 2. The number of hydrogen-bond donors (Lipinski definition) is 2. The number of nitrogens with zero attached hydrogens (tertiary/aromatic N) is 4. The third kappa shape index (κ3) is 5.09. The summed E-state index contributed by atoms with van der Waals surface area (Å²) in [6.07, 6.45) is 7.05. The summed E-state index contributed by atoms with van der Waals surface area (Å²) in [7, 11) is 0. The molecule has 0 unspecified atom stereocenters. The van der Waals surface area contributed by atoms with Gasteiger partial charge < -0.3 is 20.4 Å². The van der Waals surface area contributed by atoms with E-state index in [0.717, 1.165) is 38.8 Å². The van der Waals surface area contributed by atoms with Crippen molar-refractivity contribution in [3.05, 3.63) is 42.7 Å². The van der Waals surface area contributed by atoms with Gasteiger partial charge in [0.15, 0.2) is 0 Å². The molecule has 0 aliphatic carbocycles. The van der Waals surface area contributed by atoms with E-state index >= 15 is 0 Å². The number of aromatic nitrogens is 2. The first kappa shape index (κ1) is 21.9. The van der Waals surface area contributed by atoms with Gasteiger partial charge in [-0.1, -0.05) is 6.07 Å². The summed E-state index contributed by atoms with van der Waals surface area (Å²) in [6.45, 7) is 4.54. The molecule has 4 rings (SSSR count). The Labute approximate surface area is 187 Å². The van der Waals surface area contributed by atoms with E-state index in [1.54, 1.807) is 54.3 Å². The van der Waals surface area contributed by atoms with Crippen LogP contribution in [-0.4, -0.2) is 63.6 Å². The predicted molar refractivity (Wildman–Crippen MR) is 121 cm³/mol. The van der Waals surface area contributed by atoms with Crippen LogP contribution in [0.5, 0.6) is 0 Å². The topological polar surface area (TPSA) is 99.6 Å². The summed E-state index contributed by atoms with van der Waals surface area (Å²) in [4.78, 5) is 41.8. The second-order valence-corrected chi connectivity index (χ2v) is 8.48. The van der Waals surface area contributed by atoms with Crippen LogP contribution in [0.1, 0.15) is 38.6 Å². The normalized spacial score (nSPS) is 19.5. The molecular formula is C23H30N6O3. The van der Waals surface area contributed by atoms with Crippen molar-refractivity contribution in [2.24, 2.45) is 5.92 Å². The summed E-state index contributed by atoms with van der Waals surface area (Å²) >= 11 is 0. The van der Waals surface area contributed by atoms with Crippen LogP contribution in [0.4, 0.5) is 16.2 Å². The average Bonchev–Trinajstić information content (AvgIpc) is 3.53. The molecule has 2 fully saturated rings. The van der Waals surface area contributed by atoms with Gasteiger partial charge in [-0.25, -0.2) is 4.79 Å². The molecule has 1 aromatic carbocycles. The molecule has 3 heterocycles. The zero-order valence-corrected chi connectivity index (χ0v) is 18.4. The second-order valence-electron chi connectivity index (χ2n) is 8.48. The molecule has 0 radical (unpaired) electrons. The van der Waals surface area contributed by atoms with Gasteiger partial charge in [-0.05, 0) is 56.9 Å². The van der Waals surface area contributed by atoms with Crippen LogP contribution in [0, 0.1) is 5.92 Å². The van der Waals surface area contributed by atoms with Crippen molar-refractivity contribution in [3.8, 4) is 0 Å². The minimum absolute atomic E-state index is 0.0519. The van der Waals surface area contributed by atoms with Crippen LogP contribution in [0.3, 0.4) is 0 Å². The van der Waals surface area contributed by atoms with E-state index in [1.807, 2.05) is 9.80 Å². The van der Waals surface area contributed by atoms with Crippen LogP contribution in [0.25, 0.3) is 0 Å². The van der Waals surface area contributed by atoms with E-state index in [2.05, 4.69) is 15.7 Å². The fourth-order valence-corrected chi connectivity index (χ4v) is 4.27. The Kier molecular flexibility index (Phi) is 6.72. The average molecular weight is 439 g/mol. The number of nitrogens with one attached hydrogen (secondary N) is 2. The fourth-order valence-electron chi connectivity index (χ4n) is 4.27. The van der Waals surface area contributed by atoms with Crippen molar-refractivity contribution >= 4 is 29.2 Å². The van der Waals surface area contributed by atoms with Gasteiger partial charge in [0.1, 0.15) is 6.04 Å². The summed E-state index contributed by atoms with van der Waals surface area (Å²) in [5, 5.41) is 9.92. The molecule has 0 spiro atoms. The molecule has 9 nitrogen and oxygen atoms in total. The first-order valence-electron chi connectivity index (χ1n) is 11.3. The van der Waals surface area contributed by atoms with Gasteiger partial charge in [0, 0.05) is 49.9 Å². The highest BCUT2D eigenvalue weighted by atomic mass is 16.2. The number of piperidine rings is 1. The van der Waals surface area contributed by atoms with Crippen LogP contribution >= 0.6 is 0 Å². The molecule has 2 saturated heterocycles. The van der Waals surface area contributed by atoms with Crippen LogP contribution < -0.4 is 10.6 Å². The predicted octanol–water partition coefficient (Wildman–Crippen LogP) is 2.95. The Morgan fingerprint density at radius 2 is 1.72 bits per heavy atom. The minimum Gasteiger partial charge on any atom is -0.326 e. The Morgan fingerprint density at radius 1 is 1.00 bits per heavy atom. The Morgan fingerprint density at radius 3 is 2.44 bits per heavy atom. The fraction of sp³-hybridized carbons (Fsp3) is 0.478. The quantitative estimate of drug-likeness (QED) is 0.750. The highest BCUT2D eigenvalue weighted by molar-refractivity contribution is 5.96. The molecule has 9 heteroatoms. The van der Waals surface area contributed by atoms with Gasteiger partial charge in [0.2, 0.25) is 11.8 Å². The van der Waals surface area contributed by atoms with E-state index < -0.39 is 6.04 Å². The van der Waals surface area contributed by atoms with Crippen molar-refractivity contribution in [2.45, 2.75) is 38.6 Å². The molecule has 170 valence electrons. The molecule has 2 N–H and O–H groups in total. The van der Waals surface area contributed by atoms with Gasteiger partial charge in [0.25, 0.3) is 0 Å². The van der Waals surface area contributed by atoms with Crippen LogP contribution in [0.2, 0.25) is 0 Å². The highest BCUT2D eigenvalue weighted by Crippen LogP contribution is 2.23. The summed E-state index contributed by atoms with van der Waals surface area (Å²) in [5.74, 6) is -0.536. The Hall–Kier alpha value is -3.36. The lowest BCUT2D eigenvalue weighted by atomic mass is 9.97.